The van der Waals surface area contributed by atoms with E-state index in [2.05, 4.69) is 39.5 Å². The summed E-state index contributed by atoms with van der Waals surface area (Å²) in [5.41, 5.74) is 5.31. The van der Waals surface area contributed by atoms with Gasteiger partial charge in [-0.05, 0) is 55.9 Å². The zero-order valence-electron chi connectivity index (χ0n) is 17.0. The van der Waals surface area contributed by atoms with Gasteiger partial charge in [0.1, 0.15) is 5.54 Å². The molecule has 1 heterocycles. The molecule has 1 aromatic rings. The molecule has 1 saturated heterocycles. The average Bonchev–Trinajstić information content (AvgIpc) is 2.64. The second kappa shape index (κ2) is 8.23. The normalized spacial score (nSPS) is 17.0. The minimum absolute atomic E-state index is 0.200. The van der Waals surface area contributed by atoms with E-state index in [0.717, 1.165) is 12.1 Å². The number of carbonyl (C=O) groups excluding carboxylic acids is 1. The number of hydroxylamine groups is 2. The number of esters is 1. The first-order chi connectivity index (χ1) is 12.2. The summed E-state index contributed by atoms with van der Waals surface area (Å²) in [6.45, 7) is 12.0. The molecule has 0 aromatic heterocycles. The Labute approximate surface area is 157 Å². The van der Waals surface area contributed by atoms with Crippen LogP contribution >= 0.6 is 0 Å². The molecule has 1 aliphatic heterocycles. The molecule has 1 aromatic carbocycles. The number of carbonyl (C=O) groups is 1. The first-order valence-electron chi connectivity index (χ1n) is 9.11. The number of hydrogen-bond acceptors (Lipinski definition) is 5. The summed E-state index contributed by atoms with van der Waals surface area (Å²) in [4.78, 5) is 20.0. The molecule has 0 bridgehead atoms. The standard InChI is InChI=1S/C21H32N2O3/c1-15-12-17(3)19(13-16(15)2)14-18(4)22(5)21(20(24)25-6)8-10-23(26-7)11-9-21/h12-13H,4,8-11,14H2,1-3,5-7H3. The van der Waals surface area contributed by atoms with Gasteiger partial charge >= 0.3 is 5.97 Å². The molecule has 0 amide bonds. The van der Waals surface area contributed by atoms with Crippen LogP contribution in [0.5, 0.6) is 0 Å². The van der Waals surface area contributed by atoms with Crippen molar-refractivity contribution >= 4 is 5.97 Å². The van der Waals surface area contributed by atoms with Crippen LogP contribution < -0.4 is 0 Å². The zero-order valence-corrected chi connectivity index (χ0v) is 17.0. The van der Waals surface area contributed by atoms with Gasteiger partial charge in [-0.2, -0.15) is 5.06 Å². The zero-order chi connectivity index (χ0) is 19.5. The average molecular weight is 360 g/mol. The predicted molar refractivity (Wildman–Crippen MR) is 104 cm³/mol. The van der Waals surface area contributed by atoms with Crippen molar-refractivity contribution in [3.05, 3.63) is 46.7 Å². The molecule has 0 N–H and O–H groups in total. The van der Waals surface area contributed by atoms with Crippen LogP contribution in [0.3, 0.4) is 0 Å². The highest BCUT2D eigenvalue weighted by molar-refractivity contribution is 5.81. The number of likely N-dealkylation sites (N-methyl/N-ethyl adjacent to an activating group) is 1. The number of allylic oxidation sites excluding steroid dienone is 1. The molecular formula is C21H32N2O3. The van der Waals surface area contributed by atoms with E-state index < -0.39 is 5.54 Å². The fraction of sp³-hybridized carbons (Fsp3) is 0.571. The van der Waals surface area contributed by atoms with Crippen molar-refractivity contribution in [2.24, 2.45) is 0 Å². The van der Waals surface area contributed by atoms with Gasteiger partial charge in [0.25, 0.3) is 0 Å². The van der Waals surface area contributed by atoms with Crippen LogP contribution in [0.1, 0.15) is 35.1 Å². The molecule has 0 aliphatic carbocycles. The Morgan fingerprint density at radius 3 is 2.27 bits per heavy atom. The monoisotopic (exact) mass is 360 g/mol. The third-order valence-corrected chi connectivity index (χ3v) is 5.84. The molecule has 5 nitrogen and oxygen atoms in total. The first kappa shape index (κ1) is 20.5. The highest BCUT2D eigenvalue weighted by Gasteiger charge is 2.46. The SMILES string of the molecule is C=C(Cc1cc(C)c(C)cc1C)N(C)C1(C(=O)OC)CCN(OC)CC1. The number of piperidine rings is 1. The smallest absolute Gasteiger partial charge is 0.331 e. The van der Waals surface area contributed by atoms with Gasteiger partial charge in [-0.1, -0.05) is 18.7 Å². The maximum atomic E-state index is 12.7. The van der Waals surface area contributed by atoms with Gasteiger partial charge in [0, 0.05) is 32.3 Å². The van der Waals surface area contributed by atoms with Crippen molar-refractivity contribution in [2.45, 2.75) is 45.6 Å². The first-order valence-corrected chi connectivity index (χ1v) is 9.11. The minimum Gasteiger partial charge on any atom is -0.467 e. The van der Waals surface area contributed by atoms with E-state index in [0.29, 0.717) is 25.9 Å². The Hall–Kier alpha value is -1.85. The van der Waals surface area contributed by atoms with Gasteiger partial charge in [-0.3, -0.25) is 0 Å². The molecule has 144 valence electrons. The van der Waals surface area contributed by atoms with Gasteiger partial charge in [0.2, 0.25) is 0 Å². The van der Waals surface area contributed by atoms with Crippen LogP contribution in [0.4, 0.5) is 0 Å². The Balaban J connectivity index is 2.23. The minimum atomic E-state index is -0.686. The largest absolute Gasteiger partial charge is 0.467 e. The number of methoxy groups -OCH3 is 1. The molecule has 1 aliphatic rings. The second-order valence-corrected chi connectivity index (χ2v) is 7.30. The van der Waals surface area contributed by atoms with Crippen molar-refractivity contribution in [2.75, 3.05) is 34.4 Å². The third-order valence-electron chi connectivity index (χ3n) is 5.84. The number of aryl methyl sites for hydroxylation is 3. The summed E-state index contributed by atoms with van der Waals surface area (Å²) in [6.07, 6.45) is 2.01. The number of benzene rings is 1. The van der Waals surface area contributed by atoms with Crippen LogP contribution in [-0.4, -0.2) is 55.8 Å². The Morgan fingerprint density at radius 1 is 1.15 bits per heavy atom. The molecule has 1 fully saturated rings. The van der Waals surface area contributed by atoms with Gasteiger partial charge in [-0.25, -0.2) is 4.79 Å². The maximum Gasteiger partial charge on any atom is 0.331 e. The van der Waals surface area contributed by atoms with Crippen molar-refractivity contribution in [3.8, 4) is 0 Å². The summed E-state index contributed by atoms with van der Waals surface area (Å²) in [5.74, 6) is -0.200. The maximum absolute atomic E-state index is 12.7. The number of hydrogen-bond donors (Lipinski definition) is 0. The number of rotatable bonds is 6. The quantitative estimate of drug-likeness (QED) is 0.729. The second-order valence-electron chi connectivity index (χ2n) is 7.30. The van der Waals surface area contributed by atoms with E-state index >= 15 is 0 Å². The van der Waals surface area contributed by atoms with Gasteiger partial charge in [-0.15, -0.1) is 0 Å². The highest BCUT2D eigenvalue weighted by Crippen LogP contribution is 2.33. The van der Waals surface area contributed by atoms with Crippen molar-refractivity contribution < 1.29 is 14.4 Å². The molecule has 0 radical (unpaired) electrons. The van der Waals surface area contributed by atoms with E-state index in [9.17, 15) is 4.79 Å². The summed E-state index contributed by atoms with van der Waals surface area (Å²) in [6, 6.07) is 4.44. The Morgan fingerprint density at radius 2 is 1.73 bits per heavy atom. The van der Waals surface area contributed by atoms with Crippen molar-refractivity contribution in [1.82, 2.24) is 9.96 Å². The van der Waals surface area contributed by atoms with E-state index in [1.165, 1.54) is 29.4 Å². The summed E-state index contributed by atoms with van der Waals surface area (Å²) in [7, 11) is 5.07. The van der Waals surface area contributed by atoms with Crippen LogP contribution in [0.2, 0.25) is 0 Å². The van der Waals surface area contributed by atoms with Crippen molar-refractivity contribution in [3.63, 3.8) is 0 Å². The number of ether oxygens (including phenoxy) is 1. The van der Waals surface area contributed by atoms with Gasteiger partial charge < -0.3 is 14.5 Å². The molecule has 0 atom stereocenters. The molecule has 26 heavy (non-hydrogen) atoms. The van der Waals surface area contributed by atoms with Crippen LogP contribution in [-0.2, 0) is 20.8 Å². The topological polar surface area (TPSA) is 42.0 Å². The molecule has 0 spiro atoms. The lowest BCUT2D eigenvalue weighted by Gasteiger charge is -2.46. The molecule has 0 unspecified atom stereocenters. The van der Waals surface area contributed by atoms with Crippen LogP contribution in [0.15, 0.2) is 24.4 Å². The summed E-state index contributed by atoms with van der Waals surface area (Å²) < 4.78 is 5.16. The fourth-order valence-electron chi connectivity index (χ4n) is 3.76. The lowest BCUT2D eigenvalue weighted by Crippen LogP contribution is -2.58. The van der Waals surface area contributed by atoms with E-state index in [1.54, 1.807) is 7.11 Å². The van der Waals surface area contributed by atoms with E-state index in [-0.39, 0.29) is 5.97 Å². The van der Waals surface area contributed by atoms with E-state index in [1.807, 2.05) is 17.0 Å². The van der Waals surface area contributed by atoms with Gasteiger partial charge in [0.15, 0.2) is 0 Å². The van der Waals surface area contributed by atoms with Crippen LogP contribution in [0, 0.1) is 20.8 Å². The third kappa shape index (κ3) is 3.94. The summed E-state index contributed by atoms with van der Waals surface area (Å²) in [5, 5.41) is 1.88. The Kier molecular flexibility index (Phi) is 6.48. The highest BCUT2D eigenvalue weighted by atomic mass is 16.7. The number of nitrogens with zero attached hydrogens (tertiary/aromatic N) is 2. The van der Waals surface area contributed by atoms with Crippen LogP contribution in [0.25, 0.3) is 0 Å². The summed E-state index contributed by atoms with van der Waals surface area (Å²) >= 11 is 0. The van der Waals surface area contributed by atoms with E-state index in [4.69, 9.17) is 9.57 Å². The van der Waals surface area contributed by atoms with Gasteiger partial charge in [0.05, 0.1) is 14.2 Å². The fourth-order valence-corrected chi connectivity index (χ4v) is 3.76. The Bertz CT molecular complexity index is 676. The predicted octanol–water partition coefficient (Wildman–Crippen LogP) is 3.17. The molecular weight excluding hydrogens is 328 g/mol. The lowest BCUT2D eigenvalue weighted by molar-refractivity contribution is -0.178. The molecule has 2 rings (SSSR count). The molecule has 0 saturated carbocycles. The molecule has 5 heteroatoms. The lowest BCUT2D eigenvalue weighted by atomic mass is 9.85. The van der Waals surface area contributed by atoms with Crippen molar-refractivity contribution in [1.29, 1.82) is 0 Å².